The number of hydrogen-bond acceptors (Lipinski definition) is 3. The van der Waals surface area contributed by atoms with Gasteiger partial charge >= 0.3 is 0 Å². The molecule has 1 saturated heterocycles. The SMILES string of the molecule is CC(C)C1CSC(=NCC(C)N(C)C2CC2)N1. The Bertz CT molecular complexity index is 286. The summed E-state index contributed by atoms with van der Waals surface area (Å²) in [6.45, 7) is 7.74. The van der Waals surface area contributed by atoms with E-state index in [1.54, 1.807) is 0 Å². The minimum absolute atomic E-state index is 0.565. The van der Waals surface area contributed by atoms with Gasteiger partial charge in [0.15, 0.2) is 5.17 Å². The summed E-state index contributed by atoms with van der Waals surface area (Å²) in [5.74, 6) is 1.87. The second-order valence-corrected chi connectivity index (χ2v) is 6.71. The van der Waals surface area contributed by atoms with E-state index in [-0.39, 0.29) is 0 Å². The smallest absolute Gasteiger partial charge is 0.156 e. The molecule has 0 aromatic carbocycles. The fraction of sp³-hybridized carbons (Fsp3) is 0.923. The van der Waals surface area contributed by atoms with Crippen LogP contribution in [0.3, 0.4) is 0 Å². The summed E-state index contributed by atoms with van der Waals surface area (Å²) < 4.78 is 0. The first-order valence-electron chi connectivity index (χ1n) is 6.73. The Balaban J connectivity index is 1.76. The Hall–Kier alpha value is -0.220. The zero-order valence-electron chi connectivity index (χ0n) is 11.4. The molecule has 17 heavy (non-hydrogen) atoms. The molecule has 0 amide bonds. The maximum absolute atomic E-state index is 4.71. The third-order valence-corrected chi connectivity index (χ3v) is 4.88. The van der Waals surface area contributed by atoms with E-state index in [4.69, 9.17) is 4.99 Å². The highest BCUT2D eigenvalue weighted by molar-refractivity contribution is 8.14. The molecule has 1 aliphatic heterocycles. The van der Waals surface area contributed by atoms with Crippen molar-refractivity contribution in [2.75, 3.05) is 19.3 Å². The molecule has 1 N–H and O–H groups in total. The van der Waals surface area contributed by atoms with Crippen LogP contribution in [0.5, 0.6) is 0 Å². The Labute approximate surface area is 109 Å². The summed E-state index contributed by atoms with van der Waals surface area (Å²) in [5.41, 5.74) is 0. The highest BCUT2D eigenvalue weighted by atomic mass is 32.2. The van der Waals surface area contributed by atoms with Gasteiger partial charge in [0.25, 0.3) is 0 Å². The van der Waals surface area contributed by atoms with Crippen LogP contribution in [0, 0.1) is 5.92 Å². The van der Waals surface area contributed by atoms with Crippen LogP contribution in [0.1, 0.15) is 33.6 Å². The van der Waals surface area contributed by atoms with Crippen molar-refractivity contribution in [2.24, 2.45) is 10.9 Å². The maximum Gasteiger partial charge on any atom is 0.156 e. The lowest BCUT2D eigenvalue weighted by Crippen LogP contribution is -2.35. The largest absolute Gasteiger partial charge is 0.361 e. The molecule has 0 radical (unpaired) electrons. The lowest BCUT2D eigenvalue weighted by Gasteiger charge is -2.22. The van der Waals surface area contributed by atoms with Gasteiger partial charge in [-0.15, -0.1) is 0 Å². The van der Waals surface area contributed by atoms with E-state index < -0.39 is 0 Å². The molecule has 4 heteroatoms. The van der Waals surface area contributed by atoms with Crippen molar-refractivity contribution in [1.29, 1.82) is 0 Å². The van der Waals surface area contributed by atoms with Gasteiger partial charge in [-0.05, 0) is 32.7 Å². The second kappa shape index (κ2) is 5.61. The van der Waals surface area contributed by atoms with Crippen molar-refractivity contribution in [1.82, 2.24) is 10.2 Å². The van der Waals surface area contributed by atoms with Crippen molar-refractivity contribution < 1.29 is 0 Å². The van der Waals surface area contributed by atoms with Gasteiger partial charge in [-0.2, -0.15) is 0 Å². The van der Waals surface area contributed by atoms with E-state index in [0.29, 0.717) is 18.0 Å². The van der Waals surface area contributed by atoms with E-state index in [9.17, 15) is 0 Å². The molecule has 0 bridgehead atoms. The van der Waals surface area contributed by atoms with E-state index in [2.05, 4.69) is 38.0 Å². The monoisotopic (exact) mass is 255 g/mol. The summed E-state index contributed by atoms with van der Waals surface area (Å²) in [7, 11) is 2.23. The van der Waals surface area contributed by atoms with Gasteiger partial charge in [0.1, 0.15) is 0 Å². The van der Waals surface area contributed by atoms with Gasteiger partial charge in [-0.25, -0.2) is 0 Å². The lowest BCUT2D eigenvalue weighted by molar-refractivity contribution is 0.253. The molecule has 2 atom stereocenters. The van der Waals surface area contributed by atoms with Crippen LogP contribution in [0.4, 0.5) is 0 Å². The van der Waals surface area contributed by atoms with Crippen molar-refractivity contribution in [3.8, 4) is 0 Å². The highest BCUT2D eigenvalue weighted by Gasteiger charge is 2.29. The van der Waals surface area contributed by atoms with Crippen LogP contribution in [-0.2, 0) is 0 Å². The zero-order valence-corrected chi connectivity index (χ0v) is 12.3. The zero-order chi connectivity index (χ0) is 12.4. The molecule has 0 aromatic rings. The molecule has 2 fully saturated rings. The van der Waals surface area contributed by atoms with E-state index in [1.807, 2.05) is 11.8 Å². The van der Waals surface area contributed by atoms with E-state index in [1.165, 1.54) is 18.6 Å². The van der Waals surface area contributed by atoms with Crippen LogP contribution in [-0.4, -0.2) is 47.5 Å². The minimum Gasteiger partial charge on any atom is -0.361 e. The number of likely N-dealkylation sites (N-methyl/N-ethyl adjacent to an activating group) is 1. The van der Waals surface area contributed by atoms with Crippen molar-refractivity contribution in [2.45, 2.75) is 51.7 Å². The van der Waals surface area contributed by atoms with Crippen LogP contribution in [0.25, 0.3) is 0 Å². The van der Waals surface area contributed by atoms with Gasteiger partial charge in [-0.3, -0.25) is 9.89 Å². The normalized spacial score (nSPS) is 29.1. The molecule has 1 heterocycles. The Morgan fingerprint density at radius 3 is 2.65 bits per heavy atom. The standard InChI is InChI=1S/C13H25N3S/c1-9(2)12-8-17-13(15-12)14-7-10(3)16(4)11-5-6-11/h9-12H,5-8H2,1-4H3,(H,14,15). The number of rotatable bonds is 5. The molecular weight excluding hydrogens is 230 g/mol. The first-order chi connectivity index (χ1) is 8.08. The molecule has 1 aliphatic carbocycles. The molecule has 2 aliphatic rings. The molecule has 98 valence electrons. The fourth-order valence-electron chi connectivity index (χ4n) is 2.05. The molecule has 3 nitrogen and oxygen atoms in total. The first kappa shape index (κ1) is 13.2. The van der Waals surface area contributed by atoms with Crippen LogP contribution < -0.4 is 5.32 Å². The predicted molar refractivity (Wildman–Crippen MR) is 76.8 cm³/mol. The van der Waals surface area contributed by atoms with Gasteiger partial charge < -0.3 is 5.32 Å². The van der Waals surface area contributed by atoms with Crippen LogP contribution in [0.15, 0.2) is 4.99 Å². The topological polar surface area (TPSA) is 27.6 Å². The Kier molecular flexibility index (Phi) is 4.36. The summed E-state index contributed by atoms with van der Waals surface area (Å²) in [5, 5.41) is 4.68. The maximum atomic E-state index is 4.71. The Morgan fingerprint density at radius 2 is 2.12 bits per heavy atom. The molecule has 0 spiro atoms. The summed E-state index contributed by atoms with van der Waals surface area (Å²) in [6.07, 6.45) is 2.75. The summed E-state index contributed by atoms with van der Waals surface area (Å²) >= 11 is 1.88. The molecule has 0 aromatic heterocycles. The van der Waals surface area contributed by atoms with Gasteiger partial charge in [0.05, 0.1) is 6.54 Å². The van der Waals surface area contributed by atoms with Crippen LogP contribution >= 0.6 is 11.8 Å². The predicted octanol–water partition coefficient (Wildman–Crippen LogP) is 2.19. The number of nitrogens with one attached hydrogen (secondary N) is 1. The van der Waals surface area contributed by atoms with Crippen molar-refractivity contribution in [3.63, 3.8) is 0 Å². The quantitative estimate of drug-likeness (QED) is 0.816. The van der Waals surface area contributed by atoms with Crippen molar-refractivity contribution in [3.05, 3.63) is 0 Å². The highest BCUT2D eigenvalue weighted by Crippen LogP contribution is 2.27. The third kappa shape index (κ3) is 3.62. The number of aliphatic imine (C=N–C) groups is 1. The van der Waals surface area contributed by atoms with E-state index >= 15 is 0 Å². The number of amidine groups is 1. The fourth-order valence-corrected chi connectivity index (χ4v) is 3.25. The Morgan fingerprint density at radius 1 is 1.41 bits per heavy atom. The molecule has 2 unspecified atom stereocenters. The van der Waals surface area contributed by atoms with Crippen LogP contribution in [0.2, 0.25) is 0 Å². The van der Waals surface area contributed by atoms with Crippen molar-refractivity contribution >= 4 is 16.9 Å². The lowest BCUT2D eigenvalue weighted by atomic mass is 10.1. The molecule has 1 saturated carbocycles. The summed E-state index contributed by atoms with van der Waals surface area (Å²) in [4.78, 5) is 7.19. The van der Waals surface area contributed by atoms with E-state index in [0.717, 1.165) is 17.8 Å². The average molecular weight is 255 g/mol. The molecule has 2 rings (SSSR count). The van der Waals surface area contributed by atoms with Gasteiger partial charge in [0, 0.05) is 23.9 Å². The number of nitrogens with zero attached hydrogens (tertiary/aromatic N) is 2. The third-order valence-electron chi connectivity index (χ3n) is 3.83. The number of thioether (sulfide) groups is 1. The second-order valence-electron chi connectivity index (χ2n) is 5.70. The average Bonchev–Trinajstić information content (AvgIpc) is 3.03. The van der Waals surface area contributed by atoms with Gasteiger partial charge in [0.2, 0.25) is 0 Å². The van der Waals surface area contributed by atoms with Gasteiger partial charge in [-0.1, -0.05) is 25.6 Å². The number of hydrogen-bond donors (Lipinski definition) is 1. The summed E-state index contributed by atoms with van der Waals surface area (Å²) in [6, 6.07) is 2.00. The minimum atomic E-state index is 0.565. The molecular formula is C13H25N3S. The first-order valence-corrected chi connectivity index (χ1v) is 7.72.